The van der Waals surface area contributed by atoms with Crippen LogP contribution in [-0.2, 0) is 19.5 Å². The number of aryl methyl sites for hydroxylation is 2. The van der Waals surface area contributed by atoms with Crippen LogP contribution in [0.4, 0.5) is 0 Å². The molecule has 0 spiro atoms. The highest BCUT2D eigenvalue weighted by molar-refractivity contribution is 9.10. The summed E-state index contributed by atoms with van der Waals surface area (Å²) in [5, 5.41) is 8.48. The standard InChI is InChI=1S/C16H28BrN3/c1-4-12-9-7-8-10-14(12)18-11-15-16(17)13(5-2)19-20(15)6-3/h12,14,18H,4-11H2,1-3H3. The molecule has 20 heavy (non-hydrogen) atoms. The second kappa shape index (κ2) is 7.60. The number of hydrogen-bond donors (Lipinski definition) is 1. The summed E-state index contributed by atoms with van der Waals surface area (Å²) in [5.74, 6) is 0.853. The van der Waals surface area contributed by atoms with Crippen molar-refractivity contribution in [1.82, 2.24) is 15.1 Å². The van der Waals surface area contributed by atoms with Crippen molar-refractivity contribution in [3.8, 4) is 0 Å². The molecule has 3 nitrogen and oxygen atoms in total. The Bertz CT molecular complexity index is 428. The lowest BCUT2D eigenvalue weighted by Crippen LogP contribution is -2.38. The minimum Gasteiger partial charge on any atom is -0.308 e. The van der Waals surface area contributed by atoms with Crippen LogP contribution in [-0.4, -0.2) is 15.8 Å². The molecule has 2 atom stereocenters. The minimum absolute atomic E-state index is 0.686. The zero-order chi connectivity index (χ0) is 14.5. The van der Waals surface area contributed by atoms with E-state index in [1.807, 2.05) is 0 Å². The Labute approximate surface area is 131 Å². The normalized spacial score (nSPS) is 23.2. The highest BCUT2D eigenvalue weighted by Crippen LogP contribution is 2.28. The quantitative estimate of drug-likeness (QED) is 0.836. The van der Waals surface area contributed by atoms with Crippen LogP contribution in [0.2, 0.25) is 0 Å². The molecule has 114 valence electrons. The number of nitrogens with zero attached hydrogens (tertiary/aromatic N) is 2. The van der Waals surface area contributed by atoms with E-state index >= 15 is 0 Å². The van der Waals surface area contributed by atoms with Gasteiger partial charge in [-0.15, -0.1) is 0 Å². The Balaban J connectivity index is 2.04. The second-order valence-electron chi connectivity index (χ2n) is 5.82. The molecule has 1 fully saturated rings. The molecule has 0 radical (unpaired) electrons. The van der Waals surface area contributed by atoms with Crippen LogP contribution in [0.25, 0.3) is 0 Å². The van der Waals surface area contributed by atoms with Gasteiger partial charge in [-0.1, -0.05) is 33.1 Å². The van der Waals surface area contributed by atoms with Gasteiger partial charge in [-0.3, -0.25) is 4.68 Å². The highest BCUT2D eigenvalue weighted by atomic mass is 79.9. The van der Waals surface area contributed by atoms with Crippen LogP contribution in [0.5, 0.6) is 0 Å². The summed E-state index contributed by atoms with van der Waals surface area (Å²) >= 11 is 3.74. The monoisotopic (exact) mass is 341 g/mol. The van der Waals surface area contributed by atoms with Crippen LogP contribution < -0.4 is 5.32 Å². The smallest absolute Gasteiger partial charge is 0.0767 e. The van der Waals surface area contributed by atoms with Gasteiger partial charge in [0.1, 0.15) is 0 Å². The van der Waals surface area contributed by atoms with Crippen molar-refractivity contribution in [2.45, 2.75) is 78.4 Å². The summed E-state index contributed by atoms with van der Waals surface area (Å²) in [6.07, 6.45) is 7.79. The molecular weight excluding hydrogens is 314 g/mol. The molecule has 0 aliphatic heterocycles. The summed E-state index contributed by atoms with van der Waals surface area (Å²) in [4.78, 5) is 0. The van der Waals surface area contributed by atoms with Gasteiger partial charge in [0, 0.05) is 19.1 Å². The van der Waals surface area contributed by atoms with E-state index in [1.54, 1.807) is 0 Å². The molecule has 1 aromatic heterocycles. The topological polar surface area (TPSA) is 29.9 Å². The molecule has 4 heteroatoms. The van der Waals surface area contributed by atoms with Crippen molar-refractivity contribution >= 4 is 15.9 Å². The third-order valence-electron chi connectivity index (χ3n) is 4.66. The van der Waals surface area contributed by atoms with Gasteiger partial charge in [-0.05, 0) is 48.0 Å². The lowest BCUT2D eigenvalue weighted by Gasteiger charge is -2.31. The first-order valence-corrected chi connectivity index (χ1v) is 8.97. The predicted octanol–water partition coefficient (Wildman–Crippen LogP) is 4.29. The third-order valence-corrected chi connectivity index (χ3v) is 5.57. The van der Waals surface area contributed by atoms with E-state index in [4.69, 9.17) is 0 Å². The molecule has 1 aromatic rings. The molecule has 1 aliphatic rings. The molecule has 1 heterocycles. The van der Waals surface area contributed by atoms with Gasteiger partial charge in [0.2, 0.25) is 0 Å². The first-order valence-electron chi connectivity index (χ1n) is 8.18. The van der Waals surface area contributed by atoms with Crippen molar-refractivity contribution in [2.75, 3.05) is 0 Å². The molecular formula is C16H28BrN3. The lowest BCUT2D eigenvalue weighted by molar-refractivity contribution is 0.252. The van der Waals surface area contributed by atoms with Gasteiger partial charge < -0.3 is 5.32 Å². The van der Waals surface area contributed by atoms with Crippen LogP contribution in [0.15, 0.2) is 4.47 Å². The second-order valence-corrected chi connectivity index (χ2v) is 6.61. The van der Waals surface area contributed by atoms with Crippen molar-refractivity contribution in [2.24, 2.45) is 5.92 Å². The van der Waals surface area contributed by atoms with Gasteiger partial charge in [-0.25, -0.2) is 0 Å². The minimum atomic E-state index is 0.686. The number of rotatable bonds is 6. The fourth-order valence-electron chi connectivity index (χ4n) is 3.38. The number of hydrogen-bond acceptors (Lipinski definition) is 2. The van der Waals surface area contributed by atoms with E-state index in [1.165, 1.54) is 48.0 Å². The van der Waals surface area contributed by atoms with Crippen LogP contribution in [0.1, 0.15) is 64.3 Å². The van der Waals surface area contributed by atoms with Gasteiger partial charge in [0.25, 0.3) is 0 Å². The first-order chi connectivity index (χ1) is 9.71. The van der Waals surface area contributed by atoms with E-state index in [0.29, 0.717) is 6.04 Å². The van der Waals surface area contributed by atoms with Crippen molar-refractivity contribution in [3.63, 3.8) is 0 Å². The molecule has 1 aliphatic carbocycles. The summed E-state index contributed by atoms with van der Waals surface area (Å²) < 4.78 is 3.35. The zero-order valence-corrected chi connectivity index (χ0v) is 14.7. The fourth-order valence-corrected chi connectivity index (χ4v) is 4.08. The van der Waals surface area contributed by atoms with Gasteiger partial charge >= 0.3 is 0 Å². The average Bonchev–Trinajstić information content (AvgIpc) is 2.81. The molecule has 1 saturated carbocycles. The molecule has 2 unspecified atom stereocenters. The Morgan fingerprint density at radius 3 is 2.65 bits per heavy atom. The van der Waals surface area contributed by atoms with Crippen molar-refractivity contribution in [1.29, 1.82) is 0 Å². The summed E-state index contributed by atoms with van der Waals surface area (Å²) in [6, 6.07) is 0.686. The highest BCUT2D eigenvalue weighted by Gasteiger charge is 2.24. The predicted molar refractivity (Wildman–Crippen MR) is 87.9 cm³/mol. The van der Waals surface area contributed by atoms with Crippen molar-refractivity contribution in [3.05, 3.63) is 15.9 Å². The number of aromatic nitrogens is 2. The van der Waals surface area contributed by atoms with Crippen LogP contribution in [0, 0.1) is 5.92 Å². The molecule has 1 N–H and O–H groups in total. The largest absolute Gasteiger partial charge is 0.308 e. The Hall–Kier alpha value is -0.350. The SMILES string of the molecule is CCc1nn(CC)c(CNC2CCCCC2CC)c1Br. The van der Waals surface area contributed by atoms with E-state index in [-0.39, 0.29) is 0 Å². The Morgan fingerprint density at radius 2 is 2.00 bits per heavy atom. The van der Waals surface area contributed by atoms with Crippen LogP contribution in [0.3, 0.4) is 0 Å². The number of nitrogens with one attached hydrogen (secondary N) is 1. The maximum absolute atomic E-state index is 4.68. The molecule has 0 amide bonds. The van der Waals surface area contributed by atoms with Gasteiger partial charge in [0.05, 0.1) is 15.9 Å². The lowest BCUT2D eigenvalue weighted by atomic mass is 9.83. The molecule has 0 saturated heterocycles. The summed E-state index contributed by atoms with van der Waals surface area (Å²) in [6.45, 7) is 8.53. The third kappa shape index (κ3) is 3.45. The Kier molecular flexibility index (Phi) is 6.09. The van der Waals surface area contributed by atoms with Gasteiger partial charge in [0.15, 0.2) is 0 Å². The van der Waals surface area contributed by atoms with Crippen molar-refractivity contribution < 1.29 is 0 Å². The zero-order valence-electron chi connectivity index (χ0n) is 13.1. The molecule has 0 aromatic carbocycles. The summed E-state index contributed by atoms with van der Waals surface area (Å²) in [5.41, 5.74) is 2.49. The first kappa shape index (κ1) is 16.0. The maximum atomic E-state index is 4.68. The average molecular weight is 342 g/mol. The van der Waals surface area contributed by atoms with E-state index in [0.717, 1.165) is 25.4 Å². The van der Waals surface area contributed by atoms with E-state index < -0.39 is 0 Å². The fraction of sp³-hybridized carbons (Fsp3) is 0.812. The molecule has 2 rings (SSSR count). The maximum Gasteiger partial charge on any atom is 0.0767 e. The summed E-state index contributed by atoms with van der Waals surface area (Å²) in [7, 11) is 0. The van der Waals surface area contributed by atoms with E-state index in [9.17, 15) is 0 Å². The molecule has 0 bridgehead atoms. The van der Waals surface area contributed by atoms with Gasteiger partial charge in [-0.2, -0.15) is 5.10 Å². The number of halogens is 1. The Morgan fingerprint density at radius 1 is 1.25 bits per heavy atom. The van der Waals surface area contributed by atoms with Crippen LogP contribution >= 0.6 is 15.9 Å². The van der Waals surface area contributed by atoms with E-state index in [2.05, 4.69) is 51.8 Å².